The summed E-state index contributed by atoms with van der Waals surface area (Å²) in [5, 5.41) is 9.17. The molecule has 0 atom stereocenters. The number of nitriles is 1. The molecule has 0 aliphatic carbocycles. The summed E-state index contributed by atoms with van der Waals surface area (Å²) in [6, 6.07) is 5.97. The predicted octanol–water partition coefficient (Wildman–Crippen LogP) is 2.61. The first kappa shape index (κ1) is 13.3. The number of hydrogen-bond acceptors (Lipinski definition) is 3. The maximum absolute atomic E-state index is 11.8. The molecule has 0 saturated carbocycles. The monoisotopic (exact) mass is 277 g/mol. The Hall–Kier alpha value is -0.760. The number of halogens is 2. The summed E-state index contributed by atoms with van der Waals surface area (Å²) >= 11 is 11.1. The zero-order chi connectivity index (χ0) is 12.2. The fourth-order valence-corrected chi connectivity index (χ4v) is 3.14. The molecule has 0 radical (unpaired) electrons. The summed E-state index contributed by atoms with van der Waals surface area (Å²) in [6.45, 7) is 0. The van der Waals surface area contributed by atoms with Gasteiger partial charge in [-0.15, -0.1) is 11.6 Å². The van der Waals surface area contributed by atoms with Crippen LogP contribution in [0.5, 0.6) is 0 Å². The van der Waals surface area contributed by atoms with Crippen LogP contribution in [0.4, 0.5) is 0 Å². The minimum atomic E-state index is -3.45. The molecular weight excluding hydrogens is 269 g/mol. The van der Waals surface area contributed by atoms with Gasteiger partial charge < -0.3 is 0 Å². The summed E-state index contributed by atoms with van der Waals surface area (Å²) in [5.74, 6) is 0.210. The Morgan fingerprint density at radius 3 is 2.62 bits per heavy atom. The molecule has 6 heteroatoms. The lowest BCUT2D eigenvalue weighted by atomic mass is 10.2. The quantitative estimate of drug-likeness (QED) is 0.795. The van der Waals surface area contributed by atoms with Gasteiger partial charge in [-0.05, 0) is 24.6 Å². The van der Waals surface area contributed by atoms with E-state index in [-0.39, 0.29) is 22.1 Å². The smallest absolute Gasteiger partial charge is 0.179 e. The van der Waals surface area contributed by atoms with Crippen molar-refractivity contribution >= 4 is 33.0 Å². The van der Waals surface area contributed by atoms with Crippen LogP contribution in [0, 0.1) is 11.3 Å². The number of alkyl halides is 1. The molecule has 0 saturated heterocycles. The maximum Gasteiger partial charge on any atom is 0.179 e. The average molecular weight is 278 g/mol. The van der Waals surface area contributed by atoms with Gasteiger partial charge in [0.25, 0.3) is 0 Å². The fraction of sp³-hybridized carbons (Fsp3) is 0.300. The summed E-state index contributed by atoms with van der Waals surface area (Å²) in [7, 11) is -3.45. The van der Waals surface area contributed by atoms with Crippen LogP contribution in [0.3, 0.4) is 0 Å². The molecule has 0 heterocycles. The van der Waals surface area contributed by atoms with Gasteiger partial charge in [0.15, 0.2) is 9.84 Å². The summed E-state index contributed by atoms with van der Waals surface area (Å²) < 4.78 is 23.7. The highest BCUT2D eigenvalue weighted by Gasteiger charge is 2.18. The second-order valence-corrected chi connectivity index (χ2v) is 6.01. The minimum Gasteiger partial charge on any atom is -0.224 e. The number of benzene rings is 1. The van der Waals surface area contributed by atoms with E-state index in [0.29, 0.717) is 11.4 Å². The van der Waals surface area contributed by atoms with Crippen LogP contribution >= 0.6 is 23.2 Å². The molecule has 0 unspecified atom stereocenters. The van der Waals surface area contributed by atoms with Crippen LogP contribution in [0.25, 0.3) is 0 Å². The van der Waals surface area contributed by atoms with E-state index in [1.807, 2.05) is 6.07 Å². The molecule has 1 aromatic rings. The van der Waals surface area contributed by atoms with Crippen molar-refractivity contribution in [1.82, 2.24) is 0 Å². The Morgan fingerprint density at radius 1 is 1.38 bits per heavy atom. The molecule has 1 aromatic carbocycles. The Morgan fingerprint density at radius 2 is 2.06 bits per heavy atom. The first-order chi connectivity index (χ1) is 7.51. The van der Waals surface area contributed by atoms with Crippen LogP contribution in [-0.4, -0.2) is 20.1 Å². The van der Waals surface area contributed by atoms with Crippen LogP contribution in [0.15, 0.2) is 23.1 Å². The van der Waals surface area contributed by atoms with Gasteiger partial charge in [0.2, 0.25) is 0 Å². The standard InChI is InChI=1S/C10H9Cl2NO2S/c11-4-1-5-16(14,15)10-3-2-9(12)6-8(10)7-13/h2-3,6H,1,4-5H2. The molecule has 0 bridgehead atoms. The molecule has 86 valence electrons. The van der Waals surface area contributed by atoms with Crippen molar-refractivity contribution in [1.29, 1.82) is 5.26 Å². The molecule has 3 nitrogen and oxygen atoms in total. The SMILES string of the molecule is N#Cc1cc(Cl)ccc1S(=O)(=O)CCCCl. The van der Waals surface area contributed by atoms with Crippen molar-refractivity contribution in [2.75, 3.05) is 11.6 Å². The molecule has 1 rings (SSSR count). The highest BCUT2D eigenvalue weighted by Crippen LogP contribution is 2.21. The van der Waals surface area contributed by atoms with E-state index < -0.39 is 9.84 Å². The van der Waals surface area contributed by atoms with E-state index in [2.05, 4.69) is 0 Å². The Labute approximate surface area is 105 Å². The Bertz CT molecular complexity index is 520. The number of hydrogen-bond donors (Lipinski definition) is 0. The van der Waals surface area contributed by atoms with Crippen molar-refractivity contribution in [3.8, 4) is 6.07 Å². The highest BCUT2D eigenvalue weighted by atomic mass is 35.5. The minimum absolute atomic E-state index is 0.0181. The van der Waals surface area contributed by atoms with Gasteiger partial charge in [0.1, 0.15) is 6.07 Å². The fourth-order valence-electron chi connectivity index (χ4n) is 1.22. The van der Waals surface area contributed by atoms with E-state index in [1.54, 1.807) is 0 Å². The van der Waals surface area contributed by atoms with E-state index in [0.717, 1.165) is 0 Å². The Kier molecular flexibility index (Phi) is 4.60. The van der Waals surface area contributed by atoms with Gasteiger partial charge in [-0.1, -0.05) is 11.6 Å². The van der Waals surface area contributed by atoms with Crippen molar-refractivity contribution in [2.24, 2.45) is 0 Å². The van der Waals surface area contributed by atoms with Gasteiger partial charge in [0.05, 0.1) is 16.2 Å². The first-order valence-electron chi connectivity index (χ1n) is 4.49. The maximum atomic E-state index is 11.8. The molecule has 0 amide bonds. The topological polar surface area (TPSA) is 57.9 Å². The number of nitrogens with zero attached hydrogens (tertiary/aromatic N) is 1. The van der Waals surface area contributed by atoms with Crippen molar-refractivity contribution in [3.63, 3.8) is 0 Å². The van der Waals surface area contributed by atoms with Crippen LogP contribution < -0.4 is 0 Å². The summed E-state index contributed by atoms with van der Waals surface area (Å²) in [5.41, 5.74) is 0.0714. The van der Waals surface area contributed by atoms with E-state index >= 15 is 0 Å². The van der Waals surface area contributed by atoms with E-state index in [9.17, 15) is 8.42 Å². The van der Waals surface area contributed by atoms with Crippen molar-refractivity contribution in [2.45, 2.75) is 11.3 Å². The molecule has 0 aliphatic rings. The summed E-state index contributed by atoms with van der Waals surface area (Å²) in [4.78, 5) is 0.0181. The van der Waals surface area contributed by atoms with Crippen molar-refractivity contribution < 1.29 is 8.42 Å². The van der Waals surface area contributed by atoms with Gasteiger partial charge in [0, 0.05) is 10.9 Å². The zero-order valence-corrected chi connectivity index (χ0v) is 10.6. The molecule has 0 fully saturated rings. The largest absolute Gasteiger partial charge is 0.224 e. The number of rotatable bonds is 4. The lowest BCUT2D eigenvalue weighted by Gasteiger charge is -2.05. The molecule has 0 N–H and O–H groups in total. The second kappa shape index (κ2) is 5.53. The third kappa shape index (κ3) is 3.11. The number of sulfone groups is 1. The zero-order valence-electron chi connectivity index (χ0n) is 8.28. The molecule has 16 heavy (non-hydrogen) atoms. The lowest BCUT2D eigenvalue weighted by Crippen LogP contribution is -2.09. The van der Waals surface area contributed by atoms with Gasteiger partial charge in [-0.3, -0.25) is 0 Å². The molecule has 0 spiro atoms. The van der Waals surface area contributed by atoms with E-state index in [1.165, 1.54) is 18.2 Å². The van der Waals surface area contributed by atoms with Crippen LogP contribution in [0.1, 0.15) is 12.0 Å². The highest BCUT2D eigenvalue weighted by molar-refractivity contribution is 7.91. The van der Waals surface area contributed by atoms with Gasteiger partial charge in [-0.2, -0.15) is 5.26 Å². The van der Waals surface area contributed by atoms with E-state index in [4.69, 9.17) is 28.5 Å². The third-order valence-electron chi connectivity index (χ3n) is 1.94. The predicted molar refractivity (Wildman–Crippen MR) is 63.6 cm³/mol. The van der Waals surface area contributed by atoms with Crippen molar-refractivity contribution in [3.05, 3.63) is 28.8 Å². The molecule has 0 aromatic heterocycles. The Balaban J connectivity index is 3.19. The molecular formula is C10H9Cl2NO2S. The second-order valence-electron chi connectivity index (χ2n) is 3.11. The van der Waals surface area contributed by atoms with Crippen LogP contribution in [0.2, 0.25) is 5.02 Å². The third-order valence-corrected chi connectivity index (χ3v) is 4.30. The molecule has 0 aliphatic heterocycles. The first-order valence-corrected chi connectivity index (χ1v) is 7.06. The average Bonchev–Trinajstić information content (AvgIpc) is 2.26. The van der Waals surface area contributed by atoms with Gasteiger partial charge >= 0.3 is 0 Å². The summed E-state index contributed by atoms with van der Waals surface area (Å²) in [6.07, 6.45) is 0.359. The lowest BCUT2D eigenvalue weighted by molar-refractivity contribution is 0.594. The van der Waals surface area contributed by atoms with Crippen LogP contribution in [-0.2, 0) is 9.84 Å². The van der Waals surface area contributed by atoms with Gasteiger partial charge in [-0.25, -0.2) is 8.42 Å². The normalized spacial score (nSPS) is 11.1.